The molecular formula is C19H15ClFN3O2. The molecule has 26 heavy (non-hydrogen) atoms. The molecule has 1 amide bonds. The molecule has 0 radical (unpaired) electrons. The van der Waals surface area contributed by atoms with Gasteiger partial charge in [0, 0.05) is 5.69 Å². The highest BCUT2D eigenvalue weighted by Gasteiger charge is 2.05. The van der Waals surface area contributed by atoms with Crippen molar-refractivity contribution in [2.24, 2.45) is 0 Å². The molecule has 0 fully saturated rings. The molecule has 0 aliphatic heterocycles. The van der Waals surface area contributed by atoms with Crippen molar-refractivity contribution in [1.29, 1.82) is 0 Å². The minimum Gasteiger partial charge on any atom is -0.484 e. The van der Waals surface area contributed by atoms with Crippen molar-refractivity contribution in [3.8, 4) is 5.75 Å². The van der Waals surface area contributed by atoms with Gasteiger partial charge in [-0.2, -0.15) is 0 Å². The first-order valence-corrected chi connectivity index (χ1v) is 8.14. The van der Waals surface area contributed by atoms with Crippen LogP contribution in [0.1, 0.15) is 0 Å². The summed E-state index contributed by atoms with van der Waals surface area (Å²) in [6.45, 7) is -0.0991. The SMILES string of the molecule is O=C(COc1ccccc1)Nc1ccc(Nc2ccc(F)c(Cl)c2)nc1. The molecule has 0 atom stereocenters. The Kier molecular flexibility index (Phi) is 5.66. The maximum atomic E-state index is 13.2. The van der Waals surface area contributed by atoms with Crippen molar-refractivity contribution < 1.29 is 13.9 Å². The lowest BCUT2D eigenvalue weighted by Crippen LogP contribution is -2.20. The smallest absolute Gasteiger partial charge is 0.262 e. The van der Waals surface area contributed by atoms with Gasteiger partial charge in [-0.1, -0.05) is 29.8 Å². The molecule has 0 unspecified atom stereocenters. The fourth-order valence-corrected chi connectivity index (χ4v) is 2.31. The van der Waals surface area contributed by atoms with Crippen molar-refractivity contribution in [3.63, 3.8) is 0 Å². The number of nitrogens with zero attached hydrogens (tertiary/aromatic N) is 1. The summed E-state index contributed by atoms with van der Waals surface area (Å²) in [5.41, 5.74) is 1.14. The average molecular weight is 372 g/mol. The number of nitrogens with one attached hydrogen (secondary N) is 2. The molecule has 2 aromatic carbocycles. The monoisotopic (exact) mass is 371 g/mol. The van der Waals surface area contributed by atoms with E-state index < -0.39 is 5.82 Å². The van der Waals surface area contributed by atoms with Crippen LogP contribution >= 0.6 is 11.6 Å². The van der Waals surface area contributed by atoms with Gasteiger partial charge in [-0.15, -0.1) is 0 Å². The summed E-state index contributed by atoms with van der Waals surface area (Å²) in [6, 6.07) is 16.8. The molecule has 132 valence electrons. The first-order chi connectivity index (χ1) is 12.6. The molecule has 3 rings (SSSR count). The maximum Gasteiger partial charge on any atom is 0.262 e. The van der Waals surface area contributed by atoms with Gasteiger partial charge in [-0.25, -0.2) is 9.37 Å². The van der Waals surface area contributed by atoms with Crippen LogP contribution in [0.3, 0.4) is 0 Å². The highest BCUT2D eigenvalue weighted by atomic mass is 35.5. The summed E-state index contributed by atoms with van der Waals surface area (Å²) in [6.07, 6.45) is 1.51. The summed E-state index contributed by atoms with van der Waals surface area (Å²) in [5.74, 6) is 0.382. The van der Waals surface area contributed by atoms with Crippen LogP contribution < -0.4 is 15.4 Å². The average Bonchev–Trinajstić information content (AvgIpc) is 2.65. The number of aromatic nitrogens is 1. The van der Waals surface area contributed by atoms with Crippen LogP contribution in [-0.2, 0) is 4.79 Å². The zero-order valence-corrected chi connectivity index (χ0v) is 14.3. The van der Waals surface area contributed by atoms with Crippen molar-refractivity contribution in [2.45, 2.75) is 0 Å². The molecule has 2 N–H and O–H groups in total. The molecular weight excluding hydrogens is 357 g/mol. The van der Waals surface area contributed by atoms with E-state index in [1.165, 1.54) is 18.3 Å². The predicted molar refractivity (Wildman–Crippen MR) is 99.5 cm³/mol. The molecule has 7 heteroatoms. The second kappa shape index (κ2) is 8.31. The van der Waals surface area contributed by atoms with E-state index >= 15 is 0 Å². The number of para-hydroxylation sites is 1. The van der Waals surface area contributed by atoms with Crippen LogP contribution in [0.5, 0.6) is 5.75 Å². The van der Waals surface area contributed by atoms with Gasteiger partial charge in [0.15, 0.2) is 6.61 Å². The van der Waals surface area contributed by atoms with Gasteiger partial charge in [0.25, 0.3) is 5.91 Å². The number of hydrogen-bond donors (Lipinski definition) is 2. The summed E-state index contributed by atoms with van der Waals surface area (Å²) >= 11 is 5.74. The van der Waals surface area contributed by atoms with Gasteiger partial charge in [0.2, 0.25) is 0 Å². The van der Waals surface area contributed by atoms with Crippen LogP contribution in [-0.4, -0.2) is 17.5 Å². The topological polar surface area (TPSA) is 63.2 Å². The van der Waals surface area contributed by atoms with Crippen LogP contribution in [0.4, 0.5) is 21.6 Å². The predicted octanol–water partition coefficient (Wildman–Crippen LogP) is 4.64. The van der Waals surface area contributed by atoms with Crippen molar-refractivity contribution in [3.05, 3.63) is 77.7 Å². The third kappa shape index (κ3) is 4.94. The number of ether oxygens (including phenoxy) is 1. The van der Waals surface area contributed by atoms with E-state index in [2.05, 4.69) is 15.6 Å². The number of amides is 1. The Morgan fingerprint density at radius 2 is 1.85 bits per heavy atom. The Balaban J connectivity index is 1.53. The van der Waals surface area contributed by atoms with Crippen molar-refractivity contribution in [1.82, 2.24) is 4.98 Å². The van der Waals surface area contributed by atoms with Gasteiger partial charge in [-0.3, -0.25) is 4.79 Å². The minimum absolute atomic E-state index is 0.0253. The number of carbonyl (C=O) groups is 1. The Hall–Kier alpha value is -3.12. The number of anilines is 3. The van der Waals surface area contributed by atoms with Crippen LogP contribution in [0, 0.1) is 5.82 Å². The van der Waals surface area contributed by atoms with E-state index in [1.807, 2.05) is 18.2 Å². The van der Waals surface area contributed by atoms with Gasteiger partial charge in [0.05, 0.1) is 16.9 Å². The molecule has 0 bridgehead atoms. The molecule has 1 aromatic heterocycles. The normalized spacial score (nSPS) is 10.2. The number of benzene rings is 2. The van der Waals surface area contributed by atoms with E-state index in [0.717, 1.165) is 0 Å². The zero-order valence-electron chi connectivity index (χ0n) is 13.6. The molecule has 0 spiro atoms. The lowest BCUT2D eigenvalue weighted by Gasteiger charge is -2.09. The summed E-state index contributed by atoms with van der Waals surface area (Å²) in [4.78, 5) is 16.1. The Labute approximate surface area is 154 Å². The van der Waals surface area contributed by atoms with E-state index in [0.29, 0.717) is 22.9 Å². The lowest BCUT2D eigenvalue weighted by molar-refractivity contribution is -0.118. The standard InChI is InChI=1S/C19H15ClFN3O2/c20-16-10-13(6-8-17(16)21)23-18-9-7-14(11-22-18)24-19(25)12-26-15-4-2-1-3-5-15/h1-11H,12H2,(H,22,23)(H,24,25). The van der Waals surface area contributed by atoms with E-state index in [-0.39, 0.29) is 17.5 Å². The zero-order chi connectivity index (χ0) is 18.4. The number of halogens is 2. The number of hydrogen-bond acceptors (Lipinski definition) is 4. The quantitative estimate of drug-likeness (QED) is 0.662. The highest BCUT2D eigenvalue weighted by molar-refractivity contribution is 6.31. The minimum atomic E-state index is -0.485. The molecule has 1 heterocycles. The first-order valence-electron chi connectivity index (χ1n) is 7.76. The molecule has 5 nitrogen and oxygen atoms in total. The third-order valence-corrected chi connectivity index (χ3v) is 3.64. The van der Waals surface area contributed by atoms with E-state index in [9.17, 15) is 9.18 Å². The Morgan fingerprint density at radius 1 is 1.08 bits per heavy atom. The molecule has 3 aromatic rings. The summed E-state index contributed by atoms with van der Waals surface area (Å²) in [7, 11) is 0. The molecule has 0 aliphatic rings. The van der Waals surface area contributed by atoms with E-state index in [4.69, 9.17) is 16.3 Å². The second-order valence-corrected chi connectivity index (χ2v) is 5.74. The van der Waals surface area contributed by atoms with Crippen LogP contribution in [0.25, 0.3) is 0 Å². The van der Waals surface area contributed by atoms with Crippen LogP contribution in [0.2, 0.25) is 5.02 Å². The van der Waals surface area contributed by atoms with Gasteiger partial charge in [0.1, 0.15) is 17.4 Å². The number of carbonyl (C=O) groups excluding carboxylic acids is 1. The maximum absolute atomic E-state index is 13.2. The lowest BCUT2D eigenvalue weighted by atomic mass is 10.3. The Bertz CT molecular complexity index is 889. The van der Waals surface area contributed by atoms with Crippen molar-refractivity contribution in [2.75, 3.05) is 17.2 Å². The van der Waals surface area contributed by atoms with Crippen molar-refractivity contribution >= 4 is 34.7 Å². The fraction of sp³-hybridized carbons (Fsp3) is 0.0526. The van der Waals surface area contributed by atoms with Gasteiger partial charge >= 0.3 is 0 Å². The largest absolute Gasteiger partial charge is 0.484 e. The van der Waals surface area contributed by atoms with Gasteiger partial charge in [-0.05, 0) is 42.5 Å². The van der Waals surface area contributed by atoms with E-state index in [1.54, 1.807) is 30.3 Å². The summed E-state index contributed by atoms with van der Waals surface area (Å²) < 4.78 is 18.5. The third-order valence-electron chi connectivity index (χ3n) is 3.35. The molecule has 0 aliphatic carbocycles. The highest BCUT2D eigenvalue weighted by Crippen LogP contribution is 2.22. The number of rotatable bonds is 6. The Morgan fingerprint density at radius 3 is 2.54 bits per heavy atom. The van der Waals surface area contributed by atoms with Gasteiger partial charge < -0.3 is 15.4 Å². The second-order valence-electron chi connectivity index (χ2n) is 5.34. The first kappa shape index (κ1) is 17.7. The molecule has 0 saturated heterocycles. The van der Waals surface area contributed by atoms with Crippen LogP contribution in [0.15, 0.2) is 66.9 Å². The molecule has 0 saturated carbocycles. The fourth-order valence-electron chi connectivity index (χ4n) is 2.13. The number of pyridine rings is 1. The summed E-state index contributed by atoms with van der Waals surface area (Å²) in [5, 5.41) is 5.72.